The van der Waals surface area contributed by atoms with E-state index >= 15 is 0 Å². The summed E-state index contributed by atoms with van der Waals surface area (Å²) >= 11 is 0. The highest BCUT2D eigenvalue weighted by Gasteiger charge is 2.18. The van der Waals surface area contributed by atoms with Crippen LogP contribution in [-0.4, -0.2) is 24.5 Å². The highest BCUT2D eigenvalue weighted by atomic mass is 15.3. The first kappa shape index (κ1) is 17.0. The lowest BCUT2D eigenvalue weighted by molar-refractivity contribution is 0.620. The van der Waals surface area contributed by atoms with E-state index in [-0.39, 0.29) is 6.04 Å². The zero-order valence-corrected chi connectivity index (χ0v) is 15.3. The van der Waals surface area contributed by atoms with Crippen molar-refractivity contribution in [2.75, 3.05) is 10.6 Å². The molecule has 0 saturated carbocycles. The summed E-state index contributed by atoms with van der Waals surface area (Å²) in [5, 5.41) is 6.67. The van der Waals surface area contributed by atoms with Crippen molar-refractivity contribution in [2.24, 2.45) is 0 Å². The van der Waals surface area contributed by atoms with Crippen LogP contribution in [0.3, 0.4) is 0 Å². The molecule has 0 bridgehead atoms. The number of hydrogen-bond acceptors (Lipinski definition) is 6. The van der Waals surface area contributed by atoms with Crippen molar-refractivity contribution in [1.29, 1.82) is 0 Å². The first-order valence-corrected chi connectivity index (χ1v) is 8.91. The number of nitrogens with one attached hydrogen (secondary N) is 2. The Morgan fingerprint density at radius 1 is 0.963 bits per heavy atom. The Morgan fingerprint density at radius 2 is 1.78 bits per heavy atom. The standard InChI is InChI=1S/C20H21N7/c1-14(2)27-19-17(26-20(27)25-16-10-6-7-11-21-16)18(23-13-24-19)22-12-15-8-4-3-5-9-15/h3-11,13-14H,12H2,1-2H3,(H,21,25,26)(H,22,23,24). The lowest BCUT2D eigenvalue weighted by atomic mass is 10.2. The molecule has 0 aliphatic heterocycles. The predicted octanol–water partition coefficient (Wildman–Crippen LogP) is 4.16. The van der Waals surface area contributed by atoms with Gasteiger partial charge in [-0.15, -0.1) is 0 Å². The third-order valence-electron chi connectivity index (χ3n) is 4.20. The van der Waals surface area contributed by atoms with Gasteiger partial charge in [-0.25, -0.2) is 19.9 Å². The van der Waals surface area contributed by atoms with Crippen molar-refractivity contribution in [3.63, 3.8) is 0 Å². The molecular formula is C20H21N7. The first-order valence-electron chi connectivity index (χ1n) is 8.91. The summed E-state index contributed by atoms with van der Waals surface area (Å²) in [6.45, 7) is 4.87. The number of imidazole rings is 1. The molecule has 0 aliphatic rings. The van der Waals surface area contributed by atoms with Crippen LogP contribution in [0.15, 0.2) is 61.1 Å². The number of aromatic nitrogens is 5. The molecule has 0 radical (unpaired) electrons. The zero-order valence-electron chi connectivity index (χ0n) is 15.3. The summed E-state index contributed by atoms with van der Waals surface area (Å²) in [7, 11) is 0. The van der Waals surface area contributed by atoms with Crippen LogP contribution in [0.25, 0.3) is 11.2 Å². The second-order valence-electron chi connectivity index (χ2n) is 6.47. The van der Waals surface area contributed by atoms with Gasteiger partial charge >= 0.3 is 0 Å². The minimum absolute atomic E-state index is 0.179. The Balaban J connectivity index is 1.70. The van der Waals surface area contributed by atoms with Crippen LogP contribution >= 0.6 is 0 Å². The fourth-order valence-electron chi connectivity index (χ4n) is 2.95. The maximum absolute atomic E-state index is 4.77. The number of fused-ring (bicyclic) bond motifs is 1. The molecule has 4 rings (SSSR count). The van der Waals surface area contributed by atoms with Gasteiger partial charge in [-0.3, -0.25) is 4.57 Å². The second-order valence-corrected chi connectivity index (χ2v) is 6.47. The maximum atomic E-state index is 4.77. The summed E-state index contributed by atoms with van der Waals surface area (Å²) in [4.78, 5) is 18.0. The molecule has 1 aromatic carbocycles. The van der Waals surface area contributed by atoms with Crippen LogP contribution in [0.4, 0.5) is 17.6 Å². The van der Waals surface area contributed by atoms with E-state index in [2.05, 4.69) is 56.1 Å². The monoisotopic (exact) mass is 359 g/mol. The topological polar surface area (TPSA) is 80.5 Å². The quantitative estimate of drug-likeness (QED) is 0.538. The van der Waals surface area contributed by atoms with Crippen LogP contribution in [0.2, 0.25) is 0 Å². The van der Waals surface area contributed by atoms with Gasteiger partial charge in [0.2, 0.25) is 5.95 Å². The van der Waals surface area contributed by atoms with Crippen molar-refractivity contribution in [2.45, 2.75) is 26.4 Å². The van der Waals surface area contributed by atoms with E-state index in [1.165, 1.54) is 5.56 Å². The second kappa shape index (κ2) is 7.41. The van der Waals surface area contributed by atoms with Crippen molar-refractivity contribution < 1.29 is 0 Å². The lowest BCUT2D eigenvalue weighted by Crippen LogP contribution is -2.07. The highest BCUT2D eigenvalue weighted by molar-refractivity contribution is 5.85. The molecule has 3 heterocycles. The SMILES string of the molecule is CC(C)n1c(Nc2ccccn2)nc2c(NCc3ccccc3)ncnc21. The largest absolute Gasteiger partial charge is 0.364 e. The highest BCUT2D eigenvalue weighted by Crippen LogP contribution is 2.28. The van der Waals surface area contributed by atoms with Gasteiger partial charge in [-0.1, -0.05) is 36.4 Å². The summed E-state index contributed by atoms with van der Waals surface area (Å²) in [5.74, 6) is 2.15. The van der Waals surface area contributed by atoms with E-state index in [1.807, 2.05) is 36.4 Å². The number of benzene rings is 1. The molecule has 3 aromatic heterocycles. The molecule has 0 atom stereocenters. The average molecular weight is 359 g/mol. The summed E-state index contributed by atoms with van der Waals surface area (Å²) in [5.41, 5.74) is 2.70. The van der Waals surface area contributed by atoms with Crippen molar-refractivity contribution in [3.8, 4) is 0 Å². The van der Waals surface area contributed by atoms with Crippen LogP contribution in [0, 0.1) is 0 Å². The average Bonchev–Trinajstić information content (AvgIpc) is 3.06. The number of pyridine rings is 1. The molecule has 0 unspecified atom stereocenters. The van der Waals surface area contributed by atoms with Crippen LogP contribution in [0.5, 0.6) is 0 Å². The molecule has 0 saturated heterocycles. The first-order chi connectivity index (χ1) is 13.2. The molecule has 0 aliphatic carbocycles. The Labute approximate surface area is 157 Å². The number of rotatable bonds is 6. The number of anilines is 3. The predicted molar refractivity (Wildman–Crippen MR) is 107 cm³/mol. The third kappa shape index (κ3) is 3.57. The normalized spacial score (nSPS) is 11.1. The van der Waals surface area contributed by atoms with E-state index in [4.69, 9.17) is 4.98 Å². The van der Waals surface area contributed by atoms with E-state index in [1.54, 1.807) is 12.5 Å². The van der Waals surface area contributed by atoms with E-state index in [0.29, 0.717) is 18.3 Å². The molecule has 7 nitrogen and oxygen atoms in total. The fourth-order valence-corrected chi connectivity index (χ4v) is 2.95. The van der Waals surface area contributed by atoms with E-state index < -0.39 is 0 Å². The molecule has 0 fully saturated rings. The van der Waals surface area contributed by atoms with Gasteiger partial charge in [0.25, 0.3) is 0 Å². The molecule has 7 heteroatoms. The molecule has 0 amide bonds. The Kier molecular flexibility index (Phi) is 4.65. The Hall–Kier alpha value is -3.48. The lowest BCUT2D eigenvalue weighted by Gasteiger charge is -2.13. The number of nitrogens with zero attached hydrogens (tertiary/aromatic N) is 5. The molecule has 4 aromatic rings. The van der Waals surface area contributed by atoms with Crippen molar-refractivity contribution in [1.82, 2.24) is 24.5 Å². The van der Waals surface area contributed by atoms with Gasteiger partial charge in [-0.2, -0.15) is 0 Å². The summed E-state index contributed by atoms with van der Waals surface area (Å²) in [6.07, 6.45) is 3.32. The van der Waals surface area contributed by atoms with Crippen LogP contribution in [-0.2, 0) is 6.54 Å². The van der Waals surface area contributed by atoms with Gasteiger partial charge in [0, 0.05) is 18.8 Å². The third-order valence-corrected chi connectivity index (χ3v) is 4.20. The smallest absolute Gasteiger partial charge is 0.211 e. The van der Waals surface area contributed by atoms with Gasteiger partial charge in [0.15, 0.2) is 17.0 Å². The van der Waals surface area contributed by atoms with E-state index in [0.717, 1.165) is 17.0 Å². The number of hydrogen-bond donors (Lipinski definition) is 2. The van der Waals surface area contributed by atoms with Gasteiger partial charge in [0.05, 0.1) is 0 Å². The Morgan fingerprint density at radius 3 is 2.52 bits per heavy atom. The van der Waals surface area contributed by atoms with E-state index in [9.17, 15) is 0 Å². The molecule has 27 heavy (non-hydrogen) atoms. The molecular weight excluding hydrogens is 338 g/mol. The van der Waals surface area contributed by atoms with Crippen molar-refractivity contribution in [3.05, 3.63) is 66.6 Å². The minimum atomic E-state index is 0.179. The maximum Gasteiger partial charge on any atom is 0.211 e. The Bertz CT molecular complexity index is 1030. The molecule has 0 spiro atoms. The van der Waals surface area contributed by atoms with Crippen molar-refractivity contribution >= 4 is 28.7 Å². The minimum Gasteiger partial charge on any atom is -0.364 e. The zero-order chi connectivity index (χ0) is 18.6. The van der Waals surface area contributed by atoms with Crippen LogP contribution in [0.1, 0.15) is 25.5 Å². The van der Waals surface area contributed by atoms with Crippen LogP contribution < -0.4 is 10.6 Å². The van der Waals surface area contributed by atoms with Gasteiger partial charge < -0.3 is 10.6 Å². The van der Waals surface area contributed by atoms with Gasteiger partial charge in [-0.05, 0) is 31.5 Å². The summed E-state index contributed by atoms with van der Waals surface area (Å²) < 4.78 is 2.05. The summed E-state index contributed by atoms with van der Waals surface area (Å²) in [6, 6.07) is 16.1. The fraction of sp³-hybridized carbons (Fsp3) is 0.200. The molecule has 136 valence electrons. The molecule has 2 N–H and O–H groups in total. The van der Waals surface area contributed by atoms with Gasteiger partial charge in [0.1, 0.15) is 12.1 Å².